The summed E-state index contributed by atoms with van der Waals surface area (Å²) in [6.07, 6.45) is 6.43. The molecular weight excluding hydrogens is 590 g/mol. The van der Waals surface area contributed by atoms with Gasteiger partial charge in [-0.05, 0) is 63.4 Å². The highest BCUT2D eigenvalue weighted by molar-refractivity contribution is 7.92. The Hall–Kier alpha value is -3.48. The first-order valence-corrected chi connectivity index (χ1v) is 16.8. The number of likely N-dealkylation sites (N-methyl/N-ethyl adjacent to an activating group) is 1. The minimum absolute atomic E-state index is 0.244. The molecule has 0 spiro atoms. The fourth-order valence-electron chi connectivity index (χ4n) is 5.47. The smallest absolute Gasteiger partial charge is 0.232 e. The molecule has 1 aromatic heterocycles. The summed E-state index contributed by atoms with van der Waals surface area (Å²) in [6, 6.07) is 9.58. The van der Waals surface area contributed by atoms with Crippen molar-refractivity contribution < 1.29 is 17.9 Å². The van der Waals surface area contributed by atoms with Crippen LogP contribution in [0.4, 0.5) is 34.5 Å². The number of methoxy groups -OCH3 is 1. The van der Waals surface area contributed by atoms with Crippen LogP contribution in [0, 0.1) is 0 Å². The Labute approximate surface area is 259 Å². The summed E-state index contributed by atoms with van der Waals surface area (Å²) in [5, 5.41) is 6.85. The number of aryl methyl sites for hydroxylation is 1. The zero-order valence-corrected chi connectivity index (χ0v) is 26.8. The van der Waals surface area contributed by atoms with E-state index >= 15 is 0 Å². The van der Waals surface area contributed by atoms with Gasteiger partial charge in [0.2, 0.25) is 16.0 Å². The van der Waals surface area contributed by atoms with Crippen molar-refractivity contribution in [3.8, 4) is 11.5 Å². The molecule has 232 valence electrons. The number of rotatable bonds is 5. The number of halogens is 1. The number of sulfonamides is 1. The fraction of sp³-hybridized carbons (Fsp3) is 0.467. The number of anilines is 6. The molecule has 3 aromatic rings. The van der Waals surface area contributed by atoms with Crippen LogP contribution in [0.3, 0.4) is 0 Å². The third-order valence-electron chi connectivity index (χ3n) is 7.77. The van der Waals surface area contributed by atoms with Crippen LogP contribution in [0.1, 0.15) is 31.7 Å². The minimum atomic E-state index is -3.56. The SMILES string of the molecule is CCN(c1cc2ccc1Nc1nc(ncc1Cl)Nc1cc(c(N3CCN(C)CC3)cc1OC)CCCCCO2)S(C)(=O)=O. The summed E-state index contributed by atoms with van der Waals surface area (Å²) in [4.78, 5) is 13.9. The van der Waals surface area contributed by atoms with E-state index in [4.69, 9.17) is 21.1 Å². The van der Waals surface area contributed by atoms with Crippen molar-refractivity contribution in [3.05, 3.63) is 47.1 Å². The lowest BCUT2D eigenvalue weighted by molar-refractivity contribution is 0.305. The Morgan fingerprint density at radius 1 is 1.07 bits per heavy atom. The van der Waals surface area contributed by atoms with Crippen LogP contribution in [0.5, 0.6) is 11.5 Å². The molecule has 0 saturated carbocycles. The third-order valence-corrected chi connectivity index (χ3v) is 9.31. The molecular formula is C30H40ClN7O4S. The Morgan fingerprint density at radius 3 is 2.58 bits per heavy atom. The Kier molecular flexibility index (Phi) is 9.68. The number of benzene rings is 2. The van der Waals surface area contributed by atoms with Gasteiger partial charge in [-0.25, -0.2) is 13.4 Å². The lowest BCUT2D eigenvalue weighted by Gasteiger charge is -2.35. The van der Waals surface area contributed by atoms with Gasteiger partial charge in [-0.15, -0.1) is 0 Å². The molecule has 0 aliphatic carbocycles. The Bertz CT molecular complexity index is 1550. The van der Waals surface area contributed by atoms with Gasteiger partial charge in [0, 0.05) is 50.5 Å². The number of fused-ring (bicyclic) bond motifs is 7. The van der Waals surface area contributed by atoms with Gasteiger partial charge in [0.1, 0.15) is 16.5 Å². The maximum absolute atomic E-state index is 12.7. The van der Waals surface area contributed by atoms with Crippen molar-refractivity contribution in [2.75, 3.05) is 79.6 Å². The molecule has 6 rings (SSSR count). The molecule has 2 N–H and O–H groups in total. The summed E-state index contributed by atoms with van der Waals surface area (Å²) in [5.41, 5.74) is 4.15. The molecule has 1 saturated heterocycles. The highest BCUT2D eigenvalue weighted by Crippen LogP contribution is 2.38. The predicted molar refractivity (Wildman–Crippen MR) is 174 cm³/mol. The van der Waals surface area contributed by atoms with Gasteiger partial charge < -0.3 is 29.9 Å². The van der Waals surface area contributed by atoms with E-state index < -0.39 is 10.0 Å². The summed E-state index contributed by atoms with van der Waals surface area (Å²) in [5.74, 6) is 1.93. The number of nitrogens with zero attached hydrogens (tertiary/aromatic N) is 5. The molecule has 4 heterocycles. The number of piperazine rings is 1. The largest absolute Gasteiger partial charge is 0.494 e. The van der Waals surface area contributed by atoms with Gasteiger partial charge in [0.25, 0.3) is 0 Å². The summed E-state index contributed by atoms with van der Waals surface area (Å²) in [7, 11) is 0.253. The minimum Gasteiger partial charge on any atom is -0.494 e. The van der Waals surface area contributed by atoms with Crippen LogP contribution in [0.2, 0.25) is 5.02 Å². The molecule has 0 radical (unpaired) electrons. The predicted octanol–water partition coefficient (Wildman–Crippen LogP) is 5.27. The third kappa shape index (κ3) is 7.36. The highest BCUT2D eigenvalue weighted by Gasteiger charge is 2.23. The molecule has 0 atom stereocenters. The molecule has 0 amide bonds. The molecule has 3 aliphatic heterocycles. The second-order valence-corrected chi connectivity index (χ2v) is 13.2. The van der Waals surface area contributed by atoms with Crippen LogP contribution in [0.15, 0.2) is 36.5 Å². The van der Waals surface area contributed by atoms with Gasteiger partial charge in [-0.3, -0.25) is 4.31 Å². The van der Waals surface area contributed by atoms with E-state index in [0.29, 0.717) is 41.2 Å². The zero-order chi connectivity index (χ0) is 30.6. The van der Waals surface area contributed by atoms with Crippen molar-refractivity contribution in [1.29, 1.82) is 0 Å². The number of ether oxygens (including phenoxy) is 2. The number of hydrogen-bond donors (Lipinski definition) is 2. The second kappa shape index (κ2) is 13.4. The monoisotopic (exact) mass is 629 g/mol. The zero-order valence-electron chi connectivity index (χ0n) is 25.2. The summed E-state index contributed by atoms with van der Waals surface area (Å²) >= 11 is 6.53. The van der Waals surface area contributed by atoms with E-state index in [-0.39, 0.29) is 11.6 Å². The Balaban J connectivity index is 1.55. The van der Waals surface area contributed by atoms with Crippen molar-refractivity contribution in [2.45, 2.75) is 32.6 Å². The number of nitrogens with one attached hydrogen (secondary N) is 2. The van der Waals surface area contributed by atoms with Crippen LogP contribution in [-0.2, 0) is 16.4 Å². The van der Waals surface area contributed by atoms with Gasteiger partial charge in [0.15, 0.2) is 5.82 Å². The van der Waals surface area contributed by atoms with Crippen LogP contribution in [0.25, 0.3) is 0 Å². The molecule has 3 aliphatic rings. The Morgan fingerprint density at radius 2 is 1.86 bits per heavy atom. The first-order chi connectivity index (χ1) is 20.7. The average molecular weight is 630 g/mol. The van der Waals surface area contributed by atoms with Crippen molar-refractivity contribution in [2.24, 2.45) is 0 Å². The topological polar surface area (TPSA) is 112 Å². The van der Waals surface area contributed by atoms with Crippen molar-refractivity contribution >= 4 is 56.1 Å². The lowest BCUT2D eigenvalue weighted by Crippen LogP contribution is -2.44. The van der Waals surface area contributed by atoms with E-state index in [1.54, 1.807) is 26.2 Å². The quantitative estimate of drug-likeness (QED) is 0.387. The van der Waals surface area contributed by atoms with Crippen LogP contribution in [-0.4, -0.2) is 83.0 Å². The van der Waals surface area contributed by atoms with E-state index in [0.717, 1.165) is 57.5 Å². The van der Waals surface area contributed by atoms with Gasteiger partial charge >= 0.3 is 0 Å². The average Bonchev–Trinajstić information content (AvgIpc) is 2.97. The molecule has 1 fully saturated rings. The van der Waals surface area contributed by atoms with Crippen molar-refractivity contribution in [3.63, 3.8) is 0 Å². The highest BCUT2D eigenvalue weighted by atomic mass is 35.5. The van der Waals surface area contributed by atoms with Crippen molar-refractivity contribution in [1.82, 2.24) is 14.9 Å². The summed E-state index contributed by atoms with van der Waals surface area (Å²) in [6.45, 7) is 6.49. The number of aromatic nitrogens is 2. The van der Waals surface area contributed by atoms with E-state index in [1.165, 1.54) is 28.0 Å². The second-order valence-electron chi connectivity index (χ2n) is 10.9. The maximum Gasteiger partial charge on any atom is 0.232 e. The first-order valence-electron chi connectivity index (χ1n) is 14.6. The van der Waals surface area contributed by atoms with Crippen LogP contribution >= 0.6 is 11.6 Å². The standard InChI is InChI=1S/C30H40ClN7O4S/c1-5-38(43(4,39)40)27-18-22-10-11-24(27)33-29-23(31)20-32-30(35-29)34-25-17-21(9-7-6-8-16-42-22)26(19-28(25)41-3)37-14-12-36(2)13-15-37/h10-11,17-20H,5-9,12-16H2,1-4H3,(H2,32,33,34,35). The molecule has 2 aromatic carbocycles. The molecule has 0 unspecified atom stereocenters. The first kappa shape index (κ1) is 31.0. The van der Waals surface area contributed by atoms with Gasteiger partial charge in [-0.1, -0.05) is 11.6 Å². The fourth-order valence-corrected chi connectivity index (χ4v) is 6.58. The number of hydrogen-bond acceptors (Lipinski definition) is 10. The van der Waals surface area contributed by atoms with Gasteiger partial charge in [-0.2, -0.15) is 4.98 Å². The molecule has 43 heavy (non-hydrogen) atoms. The lowest BCUT2D eigenvalue weighted by atomic mass is 10.0. The molecule has 13 heteroatoms. The molecule has 6 bridgehead atoms. The van der Waals surface area contributed by atoms with E-state index in [9.17, 15) is 8.42 Å². The van der Waals surface area contributed by atoms with E-state index in [1.807, 2.05) is 6.07 Å². The summed E-state index contributed by atoms with van der Waals surface area (Å²) < 4.78 is 38.6. The molecule has 11 nitrogen and oxygen atoms in total. The maximum atomic E-state index is 12.7. The van der Waals surface area contributed by atoms with Crippen LogP contribution < -0.4 is 29.3 Å². The normalized spacial score (nSPS) is 16.3. The van der Waals surface area contributed by atoms with E-state index in [2.05, 4.69) is 49.6 Å². The van der Waals surface area contributed by atoms with Gasteiger partial charge in [0.05, 0.1) is 43.2 Å².